The van der Waals surface area contributed by atoms with Gasteiger partial charge in [0, 0.05) is 15.9 Å². The molecule has 0 unspecified atom stereocenters. The van der Waals surface area contributed by atoms with Gasteiger partial charge in [-0.25, -0.2) is 0 Å². The van der Waals surface area contributed by atoms with Gasteiger partial charge in [-0.3, -0.25) is 0 Å². The molecule has 88 valence electrons. The molecule has 2 aromatic carbocycles. The number of fused-ring (bicyclic) bond motifs is 1. The number of pyridine rings is 1. The highest BCUT2D eigenvalue weighted by Gasteiger charge is 2.12. The molecule has 0 spiro atoms. The van der Waals surface area contributed by atoms with E-state index in [9.17, 15) is 5.21 Å². The van der Waals surface area contributed by atoms with Gasteiger partial charge in [0.2, 0.25) is 5.52 Å². The van der Waals surface area contributed by atoms with Gasteiger partial charge in [-0.05, 0) is 23.8 Å². The molecule has 3 aromatic rings. The molecule has 0 aliphatic heterocycles. The van der Waals surface area contributed by atoms with Crippen LogP contribution >= 0.6 is 15.9 Å². The number of aromatic nitrogens is 1. The summed E-state index contributed by atoms with van der Waals surface area (Å²) in [5.41, 5.74) is 2.68. The summed E-state index contributed by atoms with van der Waals surface area (Å²) < 4.78 is 1.89. The van der Waals surface area contributed by atoms with Crippen molar-refractivity contribution in [1.29, 1.82) is 0 Å². The Kier molecular flexibility index (Phi) is 2.76. The molecule has 0 N–H and O–H groups in total. The number of hydrogen-bond acceptors (Lipinski definition) is 1. The van der Waals surface area contributed by atoms with Gasteiger partial charge >= 0.3 is 0 Å². The van der Waals surface area contributed by atoms with Gasteiger partial charge in [-0.2, -0.15) is 4.73 Å². The number of benzene rings is 2. The molecular formula is C15H10BrNO. The quantitative estimate of drug-likeness (QED) is 0.494. The lowest BCUT2D eigenvalue weighted by Gasteiger charge is -2.08. The lowest BCUT2D eigenvalue weighted by atomic mass is 10.0. The fourth-order valence-electron chi connectivity index (χ4n) is 2.13. The zero-order chi connectivity index (χ0) is 12.5. The molecule has 0 radical (unpaired) electrons. The molecular weight excluding hydrogens is 290 g/mol. The van der Waals surface area contributed by atoms with Crippen molar-refractivity contribution in [2.24, 2.45) is 0 Å². The first-order valence-corrected chi connectivity index (χ1v) is 6.42. The van der Waals surface area contributed by atoms with Crippen LogP contribution in [0.4, 0.5) is 0 Å². The maximum absolute atomic E-state index is 12.0. The van der Waals surface area contributed by atoms with Crippen molar-refractivity contribution in [3.63, 3.8) is 0 Å². The highest BCUT2D eigenvalue weighted by atomic mass is 79.9. The van der Waals surface area contributed by atoms with Gasteiger partial charge in [0.25, 0.3) is 0 Å². The van der Waals surface area contributed by atoms with Crippen molar-refractivity contribution >= 4 is 26.8 Å². The fraction of sp³-hybridized carbons (Fsp3) is 0. The van der Waals surface area contributed by atoms with Crippen LogP contribution in [0.3, 0.4) is 0 Å². The Morgan fingerprint density at radius 2 is 1.72 bits per heavy atom. The molecule has 0 atom stereocenters. The van der Waals surface area contributed by atoms with Crippen LogP contribution in [0.2, 0.25) is 0 Å². The van der Waals surface area contributed by atoms with E-state index in [0.29, 0.717) is 5.52 Å². The van der Waals surface area contributed by atoms with Gasteiger partial charge in [0.1, 0.15) is 0 Å². The number of hydrogen-bond donors (Lipinski definition) is 0. The molecule has 3 heteroatoms. The van der Waals surface area contributed by atoms with Gasteiger partial charge in [0.05, 0.1) is 5.56 Å². The first-order valence-electron chi connectivity index (χ1n) is 5.62. The summed E-state index contributed by atoms with van der Waals surface area (Å²) in [5.74, 6) is 0. The molecule has 1 heterocycles. The van der Waals surface area contributed by atoms with E-state index in [4.69, 9.17) is 0 Å². The lowest BCUT2D eigenvalue weighted by Crippen LogP contribution is -2.26. The van der Waals surface area contributed by atoms with E-state index in [0.717, 1.165) is 25.7 Å². The predicted molar refractivity (Wildman–Crippen MR) is 76.0 cm³/mol. The molecule has 0 fully saturated rings. The highest BCUT2D eigenvalue weighted by Crippen LogP contribution is 2.29. The van der Waals surface area contributed by atoms with Crippen LogP contribution < -0.4 is 4.73 Å². The van der Waals surface area contributed by atoms with Crippen LogP contribution in [0, 0.1) is 5.21 Å². The summed E-state index contributed by atoms with van der Waals surface area (Å²) in [5, 5.41) is 12.9. The Bertz CT molecular complexity index is 710. The molecule has 0 aliphatic rings. The topological polar surface area (TPSA) is 26.9 Å². The van der Waals surface area contributed by atoms with Crippen molar-refractivity contribution in [2.45, 2.75) is 0 Å². The third kappa shape index (κ3) is 1.87. The summed E-state index contributed by atoms with van der Waals surface area (Å²) in [6.45, 7) is 0. The van der Waals surface area contributed by atoms with Crippen molar-refractivity contribution in [3.8, 4) is 11.1 Å². The second-order valence-electron chi connectivity index (χ2n) is 4.09. The van der Waals surface area contributed by atoms with Gasteiger partial charge in [-0.1, -0.05) is 46.3 Å². The molecule has 0 saturated heterocycles. The molecule has 2 nitrogen and oxygen atoms in total. The smallest absolute Gasteiger partial charge is 0.231 e. The Balaban J connectivity index is 2.41. The van der Waals surface area contributed by atoms with E-state index < -0.39 is 0 Å². The van der Waals surface area contributed by atoms with E-state index in [-0.39, 0.29) is 0 Å². The van der Waals surface area contributed by atoms with E-state index in [1.807, 2.05) is 48.5 Å². The van der Waals surface area contributed by atoms with Crippen molar-refractivity contribution in [3.05, 3.63) is 70.5 Å². The average Bonchev–Trinajstić information content (AvgIpc) is 2.39. The third-order valence-electron chi connectivity index (χ3n) is 2.91. The maximum atomic E-state index is 12.0. The monoisotopic (exact) mass is 299 g/mol. The minimum atomic E-state index is 0.701. The van der Waals surface area contributed by atoms with Crippen molar-refractivity contribution in [1.82, 2.24) is 0 Å². The summed E-state index contributed by atoms with van der Waals surface area (Å²) in [6.07, 6.45) is 1.53. The molecule has 3 rings (SSSR count). The molecule has 0 aliphatic carbocycles. The molecule has 0 saturated carbocycles. The fourth-order valence-corrected chi connectivity index (χ4v) is 2.61. The zero-order valence-corrected chi connectivity index (χ0v) is 11.1. The number of halogens is 1. The van der Waals surface area contributed by atoms with E-state index in [1.165, 1.54) is 6.20 Å². The van der Waals surface area contributed by atoms with E-state index in [1.54, 1.807) is 6.07 Å². The Labute approximate surface area is 113 Å². The average molecular weight is 300 g/mol. The van der Waals surface area contributed by atoms with Crippen LogP contribution in [-0.4, -0.2) is 0 Å². The van der Waals surface area contributed by atoms with Crippen LogP contribution in [0.5, 0.6) is 0 Å². The second kappa shape index (κ2) is 4.42. The molecule has 18 heavy (non-hydrogen) atoms. The van der Waals surface area contributed by atoms with Gasteiger partial charge in [-0.15, -0.1) is 0 Å². The van der Waals surface area contributed by atoms with Crippen LogP contribution in [0.1, 0.15) is 0 Å². The Morgan fingerprint density at radius 1 is 0.944 bits per heavy atom. The number of rotatable bonds is 1. The molecule has 1 aromatic heterocycles. The van der Waals surface area contributed by atoms with E-state index >= 15 is 0 Å². The zero-order valence-electron chi connectivity index (χ0n) is 9.51. The van der Waals surface area contributed by atoms with Crippen molar-refractivity contribution < 1.29 is 4.73 Å². The van der Waals surface area contributed by atoms with E-state index in [2.05, 4.69) is 15.9 Å². The van der Waals surface area contributed by atoms with Crippen molar-refractivity contribution in [2.75, 3.05) is 0 Å². The summed E-state index contributed by atoms with van der Waals surface area (Å²) in [7, 11) is 0. The first kappa shape index (κ1) is 11.2. The van der Waals surface area contributed by atoms with Crippen LogP contribution in [-0.2, 0) is 0 Å². The SMILES string of the molecule is [O-][n+]1cccc2cc(Br)cc(-c3ccccc3)c21. The second-order valence-corrected chi connectivity index (χ2v) is 5.01. The summed E-state index contributed by atoms with van der Waals surface area (Å²) in [6, 6.07) is 17.6. The standard InChI is InChI=1S/C15H10BrNO/c16-13-9-12-7-4-8-17(18)15(12)14(10-13)11-5-2-1-3-6-11/h1-10H. The van der Waals surface area contributed by atoms with Gasteiger partial charge in [0.15, 0.2) is 6.20 Å². The normalized spacial score (nSPS) is 10.7. The van der Waals surface area contributed by atoms with Crippen LogP contribution in [0.25, 0.3) is 22.0 Å². The summed E-state index contributed by atoms with van der Waals surface area (Å²) in [4.78, 5) is 0. The number of nitrogens with zero attached hydrogens (tertiary/aromatic N) is 1. The molecule has 0 amide bonds. The third-order valence-corrected chi connectivity index (χ3v) is 3.36. The van der Waals surface area contributed by atoms with Crippen LogP contribution in [0.15, 0.2) is 65.3 Å². The first-order chi connectivity index (χ1) is 8.75. The van der Waals surface area contributed by atoms with Gasteiger partial charge < -0.3 is 5.21 Å². The largest absolute Gasteiger partial charge is 0.618 e. The highest BCUT2D eigenvalue weighted by molar-refractivity contribution is 9.10. The minimum Gasteiger partial charge on any atom is -0.618 e. The lowest BCUT2D eigenvalue weighted by molar-refractivity contribution is -0.576. The minimum absolute atomic E-state index is 0.701. The Hall–Kier alpha value is -1.87. The predicted octanol–water partition coefficient (Wildman–Crippen LogP) is 3.90. The maximum Gasteiger partial charge on any atom is 0.231 e. The summed E-state index contributed by atoms with van der Waals surface area (Å²) >= 11 is 3.49. The Morgan fingerprint density at radius 3 is 2.50 bits per heavy atom. The molecule has 0 bridgehead atoms.